The predicted octanol–water partition coefficient (Wildman–Crippen LogP) is 3.26. The molecule has 2 nitrogen and oxygen atoms in total. The summed E-state index contributed by atoms with van der Waals surface area (Å²) in [7, 11) is 0. The molecule has 0 amide bonds. The lowest BCUT2D eigenvalue weighted by Gasteiger charge is -2.19. The van der Waals surface area contributed by atoms with E-state index in [0.717, 1.165) is 18.8 Å². The lowest BCUT2D eigenvalue weighted by Crippen LogP contribution is -2.19. The summed E-state index contributed by atoms with van der Waals surface area (Å²) in [5, 5.41) is 0. The van der Waals surface area contributed by atoms with Crippen LogP contribution < -0.4 is 10.6 Å². The van der Waals surface area contributed by atoms with Crippen molar-refractivity contribution in [2.45, 2.75) is 12.3 Å². The highest BCUT2D eigenvalue weighted by molar-refractivity contribution is 5.56. The second-order valence-electron chi connectivity index (χ2n) is 4.94. The highest BCUT2D eigenvalue weighted by Crippen LogP contribution is 2.31. The van der Waals surface area contributed by atoms with Gasteiger partial charge < -0.3 is 10.6 Å². The SMILES string of the molecule is Nc1cccc(N2CCC(c3ccccc3)C2)c1. The Morgan fingerprint density at radius 3 is 2.61 bits per heavy atom. The Hall–Kier alpha value is -1.96. The van der Waals surface area contributed by atoms with E-state index in [0.29, 0.717) is 5.92 Å². The first-order valence-corrected chi connectivity index (χ1v) is 6.48. The van der Waals surface area contributed by atoms with Crippen molar-refractivity contribution >= 4 is 11.4 Å². The predicted molar refractivity (Wildman–Crippen MR) is 76.9 cm³/mol. The minimum atomic E-state index is 0.646. The maximum absolute atomic E-state index is 5.85. The molecule has 1 atom stereocenters. The van der Waals surface area contributed by atoms with Crippen molar-refractivity contribution in [3.63, 3.8) is 0 Å². The van der Waals surface area contributed by atoms with Crippen LogP contribution in [0.2, 0.25) is 0 Å². The molecular weight excluding hydrogens is 220 g/mol. The molecule has 1 aliphatic rings. The van der Waals surface area contributed by atoms with Crippen molar-refractivity contribution in [1.82, 2.24) is 0 Å². The van der Waals surface area contributed by atoms with Crippen molar-refractivity contribution in [3.05, 3.63) is 60.2 Å². The fraction of sp³-hybridized carbons (Fsp3) is 0.250. The van der Waals surface area contributed by atoms with E-state index in [2.05, 4.69) is 47.4 Å². The van der Waals surface area contributed by atoms with Crippen molar-refractivity contribution in [2.75, 3.05) is 23.7 Å². The molecule has 0 aliphatic carbocycles. The van der Waals surface area contributed by atoms with Gasteiger partial charge in [0.05, 0.1) is 0 Å². The van der Waals surface area contributed by atoms with Gasteiger partial charge in [0.15, 0.2) is 0 Å². The minimum Gasteiger partial charge on any atom is -0.399 e. The molecular formula is C16H18N2. The van der Waals surface area contributed by atoms with Gasteiger partial charge in [-0.2, -0.15) is 0 Å². The van der Waals surface area contributed by atoms with Gasteiger partial charge in [0.25, 0.3) is 0 Å². The second kappa shape index (κ2) is 4.73. The smallest absolute Gasteiger partial charge is 0.0387 e. The first-order chi connectivity index (χ1) is 8.83. The van der Waals surface area contributed by atoms with Crippen LogP contribution in [-0.4, -0.2) is 13.1 Å². The number of rotatable bonds is 2. The van der Waals surface area contributed by atoms with E-state index in [1.807, 2.05) is 12.1 Å². The number of nitrogens with zero attached hydrogens (tertiary/aromatic N) is 1. The lowest BCUT2D eigenvalue weighted by molar-refractivity contribution is 0.775. The Kier molecular flexibility index (Phi) is 2.93. The molecule has 3 rings (SSSR count). The molecule has 1 heterocycles. The standard InChI is InChI=1S/C16H18N2/c17-15-7-4-8-16(11-15)18-10-9-14(12-18)13-5-2-1-3-6-13/h1-8,11,14H,9-10,12,17H2. The van der Waals surface area contributed by atoms with Crippen molar-refractivity contribution in [3.8, 4) is 0 Å². The van der Waals surface area contributed by atoms with E-state index in [1.165, 1.54) is 17.7 Å². The maximum Gasteiger partial charge on any atom is 0.0387 e. The lowest BCUT2D eigenvalue weighted by atomic mass is 9.99. The highest BCUT2D eigenvalue weighted by Gasteiger charge is 2.23. The molecule has 18 heavy (non-hydrogen) atoms. The summed E-state index contributed by atoms with van der Waals surface area (Å²) in [5.41, 5.74) is 9.38. The van der Waals surface area contributed by atoms with Gasteiger partial charge in [-0.15, -0.1) is 0 Å². The van der Waals surface area contributed by atoms with Crippen molar-refractivity contribution < 1.29 is 0 Å². The van der Waals surface area contributed by atoms with Crippen molar-refractivity contribution in [2.24, 2.45) is 0 Å². The second-order valence-corrected chi connectivity index (χ2v) is 4.94. The van der Waals surface area contributed by atoms with Gasteiger partial charge in [0.2, 0.25) is 0 Å². The normalized spacial score (nSPS) is 19.1. The van der Waals surface area contributed by atoms with Gasteiger partial charge in [0, 0.05) is 30.4 Å². The molecule has 0 radical (unpaired) electrons. The number of nitrogen functional groups attached to an aromatic ring is 1. The molecule has 2 aromatic rings. The number of hydrogen-bond acceptors (Lipinski definition) is 2. The fourth-order valence-corrected chi connectivity index (χ4v) is 2.71. The molecule has 0 aromatic heterocycles. The summed E-state index contributed by atoms with van der Waals surface area (Å²) in [6.07, 6.45) is 1.22. The molecule has 2 heteroatoms. The molecule has 1 aliphatic heterocycles. The summed E-state index contributed by atoms with van der Waals surface area (Å²) in [6.45, 7) is 2.20. The Morgan fingerprint density at radius 1 is 1.00 bits per heavy atom. The van der Waals surface area contributed by atoms with Crippen LogP contribution >= 0.6 is 0 Å². The summed E-state index contributed by atoms with van der Waals surface area (Å²) >= 11 is 0. The van der Waals surface area contributed by atoms with Crippen molar-refractivity contribution in [1.29, 1.82) is 0 Å². The third-order valence-electron chi connectivity index (χ3n) is 3.69. The van der Waals surface area contributed by atoms with Gasteiger partial charge in [-0.1, -0.05) is 36.4 Å². The zero-order valence-electron chi connectivity index (χ0n) is 10.4. The number of benzene rings is 2. The summed E-state index contributed by atoms with van der Waals surface area (Å²) in [4.78, 5) is 2.42. The van der Waals surface area contributed by atoms with Crippen LogP contribution in [0.15, 0.2) is 54.6 Å². The molecule has 1 unspecified atom stereocenters. The van der Waals surface area contributed by atoms with Gasteiger partial charge in [-0.05, 0) is 30.2 Å². The zero-order valence-corrected chi connectivity index (χ0v) is 10.4. The van der Waals surface area contributed by atoms with E-state index < -0.39 is 0 Å². The Bertz CT molecular complexity index is 522. The highest BCUT2D eigenvalue weighted by atomic mass is 15.1. The summed E-state index contributed by atoms with van der Waals surface area (Å²) < 4.78 is 0. The average molecular weight is 238 g/mol. The van der Waals surface area contributed by atoms with Crippen LogP contribution in [0.5, 0.6) is 0 Å². The molecule has 92 valence electrons. The minimum absolute atomic E-state index is 0.646. The molecule has 2 aromatic carbocycles. The maximum atomic E-state index is 5.85. The van der Waals surface area contributed by atoms with Crippen LogP contribution in [0, 0.1) is 0 Å². The Labute approximate surface area is 108 Å². The van der Waals surface area contributed by atoms with E-state index in [4.69, 9.17) is 5.73 Å². The number of nitrogens with two attached hydrogens (primary N) is 1. The number of hydrogen-bond donors (Lipinski definition) is 1. The van der Waals surface area contributed by atoms with Crippen LogP contribution in [0.3, 0.4) is 0 Å². The molecule has 1 saturated heterocycles. The molecule has 1 fully saturated rings. The van der Waals surface area contributed by atoms with Gasteiger partial charge in [-0.25, -0.2) is 0 Å². The monoisotopic (exact) mass is 238 g/mol. The van der Waals surface area contributed by atoms with E-state index in [-0.39, 0.29) is 0 Å². The van der Waals surface area contributed by atoms with E-state index in [9.17, 15) is 0 Å². The molecule has 2 N–H and O–H groups in total. The topological polar surface area (TPSA) is 29.3 Å². The van der Waals surface area contributed by atoms with Gasteiger partial charge >= 0.3 is 0 Å². The fourth-order valence-electron chi connectivity index (χ4n) is 2.71. The number of anilines is 2. The first-order valence-electron chi connectivity index (χ1n) is 6.48. The molecule has 0 bridgehead atoms. The quantitative estimate of drug-likeness (QED) is 0.814. The average Bonchev–Trinajstić information content (AvgIpc) is 2.89. The Morgan fingerprint density at radius 2 is 1.83 bits per heavy atom. The van der Waals surface area contributed by atoms with E-state index in [1.54, 1.807) is 0 Å². The van der Waals surface area contributed by atoms with Gasteiger partial charge in [-0.3, -0.25) is 0 Å². The largest absolute Gasteiger partial charge is 0.399 e. The summed E-state index contributed by atoms with van der Waals surface area (Å²) in [6, 6.07) is 19.0. The third kappa shape index (κ3) is 2.19. The first kappa shape index (κ1) is 11.1. The Balaban J connectivity index is 1.76. The van der Waals surface area contributed by atoms with Crippen LogP contribution in [0.25, 0.3) is 0 Å². The zero-order chi connectivity index (χ0) is 12.4. The van der Waals surface area contributed by atoms with E-state index >= 15 is 0 Å². The summed E-state index contributed by atoms with van der Waals surface area (Å²) in [5.74, 6) is 0.646. The molecule has 0 spiro atoms. The van der Waals surface area contributed by atoms with Gasteiger partial charge in [0.1, 0.15) is 0 Å². The van der Waals surface area contributed by atoms with Crippen LogP contribution in [-0.2, 0) is 0 Å². The third-order valence-corrected chi connectivity index (χ3v) is 3.69. The van der Waals surface area contributed by atoms with Crippen LogP contribution in [0.4, 0.5) is 11.4 Å². The van der Waals surface area contributed by atoms with Crippen LogP contribution in [0.1, 0.15) is 17.9 Å². The molecule has 0 saturated carbocycles.